The maximum Gasteiger partial charge on any atom is 0.282 e. The number of rotatable bonds is 2. The van der Waals surface area contributed by atoms with Gasteiger partial charge in [0.05, 0.1) is 11.4 Å². The average Bonchev–Trinajstić information content (AvgIpc) is 2.65. The number of hydrogen-bond donors (Lipinski definition) is 1. The number of thiocarbonyl (C=S) groups is 1. The molecule has 0 spiro atoms. The minimum atomic E-state index is -0.749. The fraction of sp³-hybridized carbons (Fsp3) is 0.250. The number of nitrogens with zero attached hydrogens (tertiary/aromatic N) is 4. The van der Waals surface area contributed by atoms with Crippen LogP contribution in [0.15, 0.2) is 39.6 Å². The Kier molecular flexibility index (Phi) is 3.66. The first-order valence-corrected chi connectivity index (χ1v) is 6.06. The summed E-state index contributed by atoms with van der Waals surface area (Å²) >= 11 is 4.74. The third-order valence-electron chi connectivity index (χ3n) is 2.70. The van der Waals surface area contributed by atoms with Gasteiger partial charge in [-0.3, -0.25) is 4.79 Å². The van der Waals surface area contributed by atoms with E-state index in [1.165, 1.54) is 0 Å². The Balaban J connectivity index is 2.21. The summed E-state index contributed by atoms with van der Waals surface area (Å²) in [5, 5.41) is 13.0. The molecule has 0 unspecified atom stereocenters. The molecule has 1 aromatic rings. The van der Waals surface area contributed by atoms with E-state index in [-0.39, 0.29) is 11.0 Å². The molecule has 7 heteroatoms. The first-order valence-electron chi connectivity index (χ1n) is 5.65. The summed E-state index contributed by atoms with van der Waals surface area (Å²) in [6.45, 7) is 3.62. The van der Waals surface area contributed by atoms with Crippen LogP contribution >= 0.6 is 12.2 Å². The van der Waals surface area contributed by atoms with Crippen LogP contribution in [0.5, 0.6) is 0 Å². The average molecular weight is 275 g/mol. The maximum absolute atomic E-state index is 12.0. The Hall–Kier alpha value is -2.15. The zero-order valence-corrected chi connectivity index (χ0v) is 11.4. The van der Waals surface area contributed by atoms with Crippen LogP contribution in [0.25, 0.3) is 0 Å². The molecular formula is C12H13N5OS. The van der Waals surface area contributed by atoms with Gasteiger partial charge in [0.25, 0.3) is 5.91 Å². The van der Waals surface area contributed by atoms with E-state index in [4.69, 9.17) is 18.0 Å². The first kappa shape index (κ1) is 13.3. The number of aryl methyl sites for hydroxylation is 1. The van der Waals surface area contributed by atoms with Crippen LogP contribution < -0.4 is 5.73 Å². The molecule has 2 N–H and O–H groups in total. The van der Waals surface area contributed by atoms with Gasteiger partial charge in [-0.2, -0.15) is 20.3 Å². The fourth-order valence-electron chi connectivity index (χ4n) is 1.64. The van der Waals surface area contributed by atoms with Crippen molar-refractivity contribution in [2.45, 2.75) is 19.9 Å². The van der Waals surface area contributed by atoms with Crippen molar-refractivity contribution in [3.8, 4) is 0 Å². The second-order valence-corrected chi connectivity index (χ2v) is 4.55. The molecule has 1 aliphatic rings. The van der Waals surface area contributed by atoms with E-state index in [0.717, 1.165) is 16.3 Å². The normalized spacial score (nSPS) is 19.1. The number of hydrogen-bond acceptors (Lipinski definition) is 5. The van der Waals surface area contributed by atoms with Crippen molar-refractivity contribution in [2.24, 2.45) is 21.1 Å². The Bertz CT molecular complexity index is 596. The van der Waals surface area contributed by atoms with E-state index in [1.54, 1.807) is 6.92 Å². The summed E-state index contributed by atoms with van der Waals surface area (Å²) < 4.78 is 0. The van der Waals surface area contributed by atoms with Gasteiger partial charge in [0.15, 0.2) is 11.2 Å². The van der Waals surface area contributed by atoms with E-state index < -0.39 is 6.04 Å². The number of carbonyl (C=O) groups excluding carboxylic acids is 1. The van der Waals surface area contributed by atoms with Crippen LogP contribution in [-0.4, -0.2) is 27.8 Å². The molecule has 1 heterocycles. The van der Waals surface area contributed by atoms with Gasteiger partial charge < -0.3 is 5.73 Å². The molecule has 0 bridgehead atoms. The number of carbonyl (C=O) groups is 1. The van der Waals surface area contributed by atoms with Crippen molar-refractivity contribution >= 4 is 34.6 Å². The molecule has 1 amide bonds. The highest BCUT2D eigenvalue weighted by atomic mass is 32.1. The standard InChI is InChI=1S/C12H13N5OS/c1-7-5-3-4-6-9(7)14-15-10-8(2)16-17(11(10)18)12(13)19/h3-6,10H,1-2H3,(H2,13,19)/t10-/m1/s1. The lowest BCUT2D eigenvalue weighted by Gasteiger charge is -2.08. The largest absolute Gasteiger partial charge is 0.374 e. The summed E-state index contributed by atoms with van der Waals surface area (Å²) in [7, 11) is 0. The van der Waals surface area contributed by atoms with Gasteiger partial charge >= 0.3 is 0 Å². The van der Waals surface area contributed by atoms with Crippen LogP contribution in [0.2, 0.25) is 0 Å². The van der Waals surface area contributed by atoms with Crippen molar-refractivity contribution in [2.75, 3.05) is 0 Å². The third-order valence-corrected chi connectivity index (χ3v) is 2.87. The number of benzene rings is 1. The van der Waals surface area contributed by atoms with E-state index >= 15 is 0 Å². The van der Waals surface area contributed by atoms with Gasteiger partial charge in [0, 0.05) is 0 Å². The van der Waals surface area contributed by atoms with Crippen molar-refractivity contribution in [3.63, 3.8) is 0 Å². The van der Waals surface area contributed by atoms with Crippen LogP contribution in [0.4, 0.5) is 5.69 Å². The number of hydrazone groups is 1. The highest BCUT2D eigenvalue weighted by molar-refractivity contribution is 7.80. The molecule has 2 rings (SSSR count). The zero-order valence-electron chi connectivity index (χ0n) is 10.6. The second kappa shape index (κ2) is 5.23. The molecule has 1 aromatic carbocycles. The zero-order chi connectivity index (χ0) is 14.0. The van der Waals surface area contributed by atoms with E-state index in [0.29, 0.717) is 5.71 Å². The predicted octanol–water partition coefficient (Wildman–Crippen LogP) is 1.91. The lowest BCUT2D eigenvalue weighted by molar-refractivity contribution is -0.126. The molecule has 1 atom stereocenters. The molecule has 0 saturated carbocycles. The molecule has 0 radical (unpaired) electrons. The summed E-state index contributed by atoms with van der Waals surface area (Å²) in [5.74, 6) is -0.373. The van der Waals surface area contributed by atoms with Gasteiger partial charge in [0.2, 0.25) is 0 Å². The second-order valence-electron chi connectivity index (χ2n) is 4.13. The molecule has 0 aromatic heterocycles. The van der Waals surface area contributed by atoms with E-state index in [2.05, 4.69) is 15.3 Å². The lowest BCUT2D eigenvalue weighted by Crippen LogP contribution is -2.37. The Morgan fingerprint density at radius 3 is 2.68 bits per heavy atom. The molecular weight excluding hydrogens is 262 g/mol. The summed E-state index contributed by atoms with van der Waals surface area (Å²) in [6, 6.07) is 6.78. The highest BCUT2D eigenvalue weighted by Gasteiger charge is 2.35. The van der Waals surface area contributed by atoms with Crippen molar-refractivity contribution in [1.29, 1.82) is 0 Å². The third kappa shape index (κ3) is 2.65. The predicted molar refractivity (Wildman–Crippen MR) is 76.2 cm³/mol. The van der Waals surface area contributed by atoms with Crippen molar-refractivity contribution < 1.29 is 4.79 Å². The molecule has 0 saturated heterocycles. The van der Waals surface area contributed by atoms with Gasteiger partial charge in [0.1, 0.15) is 0 Å². The van der Waals surface area contributed by atoms with Gasteiger partial charge in [-0.05, 0) is 37.7 Å². The van der Waals surface area contributed by atoms with Crippen LogP contribution in [-0.2, 0) is 4.79 Å². The fourth-order valence-corrected chi connectivity index (χ4v) is 1.77. The molecule has 6 nitrogen and oxygen atoms in total. The molecule has 19 heavy (non-hydrogen) atoms. The smallest absolute Gasteiger partial charge is 0.282 e. The number of amides is 1. The SMILES string of the molecule is CC1=NN(C(N)=S)C(=O)[C@@H]1N=Nc1ccccc1C. The summed E-state index contributed by atoms with van der Waals surface area (Å²) in [4.78, 5) is 12.0. The number of azo groups is 1. The minimum absolute atomic E-state index is 0.0852. The molecule has 98 valence electrons. The molecule has 1 aliphatic heterocycles. The van der Waals surface area contributed by atoms with E-state index in [9.17, 15) is 4.79 Å². The van der Waals surface area contributed by atoms with Gasteiger partial charge in [-0.25, -0.2) is 0 Å². The molecule has 0 aliphatic carbocycles. The van der Waals surface area contributed by atoms with Crippen LogP contribution in [0.1, 0.15) is 12.5 Å². The van der Waals surface area contributed by atoms with E-state index in [1.807, 2.05) is 31.2 Å². The summed E-state index contributed by atoms with van der Waals surface area (Å²) in [5.41, 5.74) is 7.63. The van der Waals surface area contributed by atoms with Crippen LogP contribution in [0.3, 0.4) is 0 Å². The lowest BCUT2D eigenvalue weighted by atomic mass is 10.2. The Morgan fingerprint density at radius 2 is 2.11 bits per heavy atom. The minimum Gasteiger partial charge on any atom is -0.374 e. The quantitative estimate of drug-likeness (QED) is 0.661. The summed E-state index contributed by atoms with van der Waals surface area (Å²) in [6.07, 6.45) is 0. The topological polar surface area (TPSA) is 83.4 Å². The monoisotopic (exact) mass is 275 g/mol. The van der Waals surface area contributed by atoms with Crippen LogP contribution in [0, 0.1) is 6.92 Å². The van der Waals surface area contributed by atoms with Gasteiger partial charge in [-0.15, -0.1) is 0 Å². The highest BCUT2D eigenvalue weighted by Crippen LogP contribution is 2.20. The molecule has 0 fully saturated rings. The maximum atomic E-state index is 12.0. The first-order chi connectivity index (χ1) is 9.00. The Labute approximate surface area is 116 Å². The van der Waals surface area contributed by atoms with Crippen molar-refractivity contribution in [3.05, 3.63) is 29.8 Å². The van der Waals surface area contributed by atoms with Gasteiger partial charge in [-0.1, -0.05) is 18.2 Å². The Morgan fingerprint density at radius 1 is 1.42 bits per heavy atom. The number of nitrogens with two attached hydrogens (primary N) is 1. The van der Waals surface area contributed by atoms with Crippen molar-refractivity contribution in [1.82, 2.24) is 5.01 Å².